The predicted octanol–water partition coefficient (Wildman–Crippen LogP) is 1.72. The Hall–Kier alpha value is -0.120. The first-order chi connectivity index (χ1) is 7.65. The standard InChI is InChI=1S/C13H28N2O/c1-11(2)8-12(9-14)4-6-15-7-5-13(10-15)16-3/h11-13H,4-10,14H2,1-3H3. The summed E-state index contributed by atoms with van der Waals surface area (Å²) in [6.45, 7) is 8.88. The Kier molecular flexibility index (Phi) is 6.32. The fourth-order valence-corrected chi connectivity index (χ4v) is 2.56. The van der Waals surface area contributed by atoms with E-state index in [9.17, 15) is 0 Å². The number of likely N-dealkylation sites (tertiary alicyclic amines) is 1. The van der Waals surface area contributed by atoms with Crippen molar-refractivity contribution in [2.45, 2.75) is 39.2 Å². The van der Waals surface area contributed by atoms with E-state index in [4.69, 9.17) is 10.5 Å². The van der Waals surface area contributed by atoms with Gasteiger partial charge < -0.3 is 15.4 Å². The molecular formula is C13H28N2O. The van der Waals surface area contributed by atoms with Crippen LogP contribution in [0, 0.1) is 11.8 Å². The van der Waals surface area contributed by atoms with Crippen molar-refractivity contribution in [1.82, 2.24) is 4.90 Å². The molecule has 1 saturated heterocycles. The van der Waals surface area contributed by atoms with Crippen LogP contribution in [0.3, 0.4) is 0 Å². The molecule has 1 aliphatic heterocycles. The minimum atomic E-state index is 0.460. The third-order valence-corrected chi connectivity index (χ3v) is 3.55. The van der Waals surface area contributed by atoms with E-state index in [0.717, 1.165) is 19.0 Å². The number of nitrogens with two attached hydrogens (primary N) is 1. The Bertz CT molecular complexity index is 185. The van der Waals surface area contributed by atoms with Crippen molar-refractivity contribution in [1.29, 1.82) is 0 Å². The molecule has 0 amide bonds. The molecule has 1 heterocycles. The first-order valence-corrected chi connectivity index (χ1v) is 6.61. The number of rotatable bonds is 7. The summed E-state index contributed by atoms with van der Waals surface area (Å²) < 4.78 is 5.37. The van der Waals surface area contributed by atoms with Crippen molar-refractivity contribution in [3.8, 4) is 0 Å². The maximum absolute atomic E-state index is 5.82. The molecule has 1 rings (SSSR count). The predicted molar refractivity (Wildman–Crippen MR) is 68.5 cm³/mol. The minimum absolute atomic E-state index is 0.460. The van der Waals surface area contributed by atoms with E-state index in [0.29, 0.717) is 12.0 Å². The summed E-state index contributed by atoms with van der Waals surface area (Å²) in [6, 6.07) is 0. The molecule has 0 saturated carbocycles. The lowest BCUT2D eigenvalue weighted by atomic mass is 9.94. The molecular weight excluding hydrogens is 200 g/mol. The second kappa shape index (κ2) is 7.25. The monoisotopic (exact) mass is 228 g/mol. The fraction of sp³-hybridized carbons (Fsp3) is 1.00. The van der Waals surface area contributed by atoms with E-state index in [1.807, 2.05) is 7.11 Å². The average Bonchev–Trinajstić information content (AvgIpc) is 2.71. The molecule has 1 aliphatic rings. The van der Waals surface area contributed by atoms with Gasteiger partial charge in [-0.3, -0.25) is 0 Å². The number of hydrogen-bond acceptors (Lipinski definition) is 3. The third-order valence-electron chi connectivity index (χ3n) is 3.55. The van der Waals surface area contributed by atoms with Gasteiger partial charge >= 0.3 is 0 Å². The van der Waals surface area contributed by atoms with Gasteiger partial charge in [0.2, 0.25) is 0 Å². The Morgan fingerprint density at radius 2 is 2.19 bits per heavy atom. The van der Waals surface area contributed by atoms with Gasteiger partial charge in [-0.15, -0.1) is 0 Å². The van der Waals surface area contributed by atoms with Gasteiger partial charge in [0, 0.05) is 20.2 Å². The molecule has 3 nitrogen and oxygen atoms in total. The lowest BCUT2D eigenvalue weighted by molar-refractivity contribution is 0.107. The summed E-state index contributed by atoms with van der Waals surface area (Å²) in [5.74, 6) is 1.46. The largest absolute Gasteiger partial charge is 0.380 e. The van der Waals surface area contributed by atoms with Crippen molar-refractivity contribution < 1.29 is 4.74 Å². The van der Waals surface area contributed by atoms with Crippen molar-refractivity contribution >= 4 is 0 Å². The Labute approximate surface area is 100 Å². The SMILES string of the molecule is COC1CCN(CCC(CN)CC(C)C)C1. The van der Waals surface area contributed by atoms with E-state index in [2.05, 4.69) is 18.7 Å². The highest BCUT2D eigenvalue weighted by molar-refractivity contribution is 4.76. The highest BCUT2D eigenvalue weighted by Crippen LogP contribution is 2.17. The second-order valence-corrected chi connectivity index (χ2v) is 5.47. The van der Waals surface area contributed by atoms with Gasteiger partial charge in [-0.25, -0.2) is 0 Å². The molecule has 0 bridgehead atoms. The highest BCUT2D eigenvalue weighted by Gasteiger charge is 2.22. The second-order valence-electron chi connectivity index (χ2n) is 5.47. The van der Waals surface area contributed by atoms with E-state index >= 15 is 0 Å². The first kappa shape index (κ1) is 13.9. The lowest BCUT2D eigenvalue weighted by Crippen LogP contribution is -2.27. The van der Waals surface area contributed by atoms with Crippen LogP contribution in [-0.4, -0.2) is 44.3 Å². The molecule has 0 radical (unpaired) electrons. The molecule has 2 atom stereocenters. The van der Waals surface area contributed by atoms with Gasteiger partial charge in [0.15, 0.2) is 0 Å². The van der Waals surface area contributed by atoms with Crippen LogP contribution in [0.25, 0.3) is 0 Å². The number of ether oxygens (including phenoxy) is 1. The van der Waals surface area contributed by atoms with E-state index in [-0.39, 0.29) is 0 Å². The summed E-state index contributed by atoms with van der Waals surface area (Å²) in [5.41, 5.74) is 5.82. The maximum Gasteiger partial charge on any atom is 0.0710 e. The van der Waals surface area contributed by atoms with Crippen LogP contribution in [0.15, 0.2) is 0 Å². The third kappa shape index (κ3) is 4.81. The van der Waals surface area contributed by atoms with Crippen LogP contribution in [-0.2, 0) is 4.74 Å². The molecule has 1 fully saturated rings. The zero-order valence-corrected chi connectivity index (χ0v) is 11.1. The Morgan fingerprint density at radius 3 is 2.69 bits per heavy atom. The summed E-state index contributed by atoms with van der Waals surface area (Å²) in [6.07, 6.45) is 4.15. The summed E-state index contributed by atoms with van der Waals surface area (Å²) >= 11 is 0. The zero-order chi connectivity index (χ0) is 12.0. The Balaban J connectivity index is 2.17. The van der Waals surface area contributed by atoms with Gasteiger partial charge in [0.25, 0.3) is 0 Å². The molecule has 16 heavy (non-hydrogen) atoms. The lowest BCUT2D eigenvalue weighted by Gasteiger charge is -2.21. The van der Waals surface area contributed by atoms with Gasteiger partial charge in [0.1, 0.15) is 0 Å². The van der Waals surface area contributed by atoms with Crippen LogP contribution in [0.2, 0.25) is 0 Å². The molecule has 0 aromatic heterocycles. The molecule has 96 valence electrons. The van der Waals surface area contributed by atoms with Gasteiger partial charge in [0.05, 0.1) is 6.10 Å². The van der Waals surface area contributed by atoms with Gasteiger partial charge in [-0.05, 0) is 44.2 Å². The van der Waals surface area contributed by atoms with Gasteiger partial charge in [-0.1, -0.05) is 13.8 Å². The molecule has 2 unspecified atom stereocenters. The van der Waals surface area contributed by atoms with Crippen molar-refractivity contribution in [3.05, 3.63) is 0 Å². The van der Waals surface area contributed by atoms with Crippen molar-refractivity contribution in [3.63, 3.8) is 0 Å². The summed E-state index contributed by atoms with van der Waals surface area (Å²) in [4.78, 5) is 2.51. The summed E-state index contributed by atoms with van der Waals surface area (Å²) in [5, 5.41) is 0. The molecule has 0 aliphatic carbocycles. The van der Waals surface area contributed by atoms with E-state index in [1.165, 1.54) is 32.4 Å². The van der Waals surface area contributed by atoms with E-state index < -0.39 is 0 Å². The maximum atomic E-state index is 5.82. The minimum Gasteiger partial charge on any atom is -0.380 e. The van der Waals surface area contributed by atoms with Crippen LogP contribution >= 0.6 is 0 Å². The van der Waals surface area contributed by atoms with Crippen LogP contribution in [0.5, 0.6) is 0 Å². The average molecular weight is 228 g/mol. The van der Waals surface area contributed by atoms with Crippen LogP contribution < -0.4 is 5.73 Å². The Morgan fingerprint density at radius 1 is 1.44 bits per heavy atom. The van der Waals surface area contributed by atoms with Crippen molar-refractivity contribution in [2.24, 2.45) is 17.6 Å². The van der Waals surface area contributed by atoms with Crippen molar-refractivity contribution in [2.75, 3.05) is 33.3 Å². The smallest absolute Gasteiger partial charge is 0.0710 e. The van der Waals surface area contributed by atoms with Gasteiger partial charge in [-0.2, -0.15) is 0 Å². The number of nitrogens with zero attached hydrogens (tertiary/aromatic N) is 1. The molecule has 0 aromatic carbocycles. The fourth-order valence-electron chi connectivity index (χ4n) is 2.56. The van der Waals surface area contributed by atoms with E-state index in [1.54, 1.807) is 0 Å². The summed E-state index contributed by atoms with van der Waals surface area (Å²) in [7, 11) is 1.82. The number of hydrogen-bond donors (Lipinski definition) is 1. The molecule has 0 spiro atoms. The zero-order valence-electron chi connectivity index (χ0n) is 11.1. The highest BCUT2D eigenvalue weighted by atomic mass is 16.5. The molecule has 0 aromatic rings. The van der Waals surface area contributed by atoms with Crippen LogP contribution in [0.4, 0.5) is 0 Å². The van der Waals surface area contributed by atoms with Crippen LogP contribution in [0.1, 0.15) is 33.1 Å². The normalized spacial score (nSPS) is 24.2. The molecule has 2 N–H and O–H groups in total. The quantitative estimate of drug-likeness (QED) is 0.721. The molecule has 3 heteroatoms. The topological polar surface area (TPSA) is 38.5 Å². The first-order valence-electron chi connectivity index (χ1n) is 6.61. The number of methoxy groups -OCH3 is 1.